The fourth-order valence-electron chi connectivity index (χ4n) is 2.02. The molecule has 3 heteroatoms. The van der Waals surface area contributed by atoms with Gasteiger partial charge in [-0.2, -0.15) is 0 Å². The predicted octanol–water partition coefficient (Wildman–Crippen LogP) is 2.91. The van der Waals surface area contributed by atoms with Gasteiger partial charge in [0.2, 0.25) is 0 Å². The molecule has 0 unspecified atom stereocenters. The second-order valence-electron chi connectivity index (χ2n) is 5.12. The van der Waals surface area contributed by atoms with E-state index in [9.17, 15) is 4.79 Å². The Kier molecular flexibility index (Phi) is 3.46. The van der Waals surface area contributed by atoms with Crippen LogP contribution in [-0.2, 0) is 0 Å². The van der Waals surface area contributed by atoms with Gasteiger partial charge in [0, 0.05) is 18.8 Å². The van der Waals surface area contributed by atoms with Crippen molar-refractivity contribution in [3.63, 3.8) is 0 Å². The van der Waals surface area contributed by atoms with E-state index in [0.717, 1.165) is 23.8 Å². The second-order valence-corrected chi connectivity index (χ2v) is 5.12. The molecule has 0 bridgehead atoms. The molecule has 1 saturated carbocycles. The molecule has 0 radical (unpaired) electrons. The zero-order valence-corrected chi connectivity index (χ0v) is 10.8. The molecule has 0 aromatic carbocycles. The van der Waals surface area contributed by atoms with Gasteiger partial charge in [0.15, 0.2) is 5.78 Å². The molecule has 0 amide bonds. The average molecular weight is 232 g/mol. The molecule has 0 N–H and O–H groups in total. The minimum absolute atomic E-state index is 0.0922. The van der Waals surface area contributed by atoms with E-state index < -0.39 is 0 Å². The summed E-state index contributed by atoms with van der Waals surface area (Å²) in [6.45, 7) is 6.94. The third kappa shape index (κ3) is 2.84. The third-order valence-corrected chi connectivity index (χ3v) is 3.21. The van der Waals surface area contributed by atoms with Crippen molar-refractivity contribution in [1.82, 2.24) is 4.98 Å². The highest BCUT2D eigenvalue weighted by Crippen LogP contribution is 2.32. The highest BCUT2D eigenvalue weighted by Gasteiger charge is 2.27. The van der Waals surface area contributed by atoms with Crippen molar-refractivity contribution in [1.29, 1.82) is 0 Å². The lowest BCUT2D eigenvalue weighted by molar-refractivity contribution is 0.101. The van der Waals surface area contributed by atoms with Crippen LogP contribution in [0.3, 0.4) is 0 Å². The Morgan fingerprint density at radius 1 is 1.53 bits per heavy atom. The molecule has 0 aliphatic heterocycles. The highest BCUT2D eigenvalue weighted by molar-refractivity contribution is 5.98. The van der Waals surface area contributed by atoms with Gasteiger partial charge in [-0.3, -0.25) is 4.79 Å². The molecule has 0 atom stereocenters. The molecular weight excluding hydrogens is 212 g/mol. The Hall–Kier alpha value is -1.38. The van der Waals surface area contributed by atoms with Crippen LogP contribution in [0, 0.1) is 5.92 Å². The number of carbonyl (C=O) groups excluding carboxylic acids is 1. The summed E-state index contributed by atoms with van der Waals surface area (Å²) in [4.78, 5) is 18.3. The van der Waals surface area contributed by atoms with Crippen LogP contribution in [-0.4, -0.2) is 23.4 Å². The topological polar surface area (TPSA) is 33.2 Å². The molecule has 92 valence electrons. The summed E-state index contributed by atoms with van der Waals surface area (Å²) >= 11 is 0. The number of rotatable bonds is 5. The lowest BCUT2D eigenvalue weighted by Gasteiger charge is -2.29. The van der Waals surface area contributed by atoms with Gasteiger partial charge in [-0.1, -0.05) is 0 Å². The predicted molar refractivity (Wildman–Crippen MR) is 69.4 cm³/mol. The van der Waals surface area contributed by atoms with Crippen molar-refractivity contribution in [2.45, 2.75) is 39.7 Å². The van der Waals surface area contributed by atoms with Crippen LogP contribution in [0.5, 0.6) is 0 Å². The smallest absolute Gasteiger partial charge is 0.163 e. The van der Waals surface area contributed by atoms with Crippen LogP contribution in [0.25, 0.3) is 0 Å². The number of ketones is 1. The Bertz CT molecular complexity index is 410. The van der Waals surface area contributed by atoms with E-state index in [2.05, 4.69) is 23.7 Å². The van der Waals surface area contributed by atoms with Crippen LogP contribution >= 0.6 is 0 Å². The van der Waals surface area contributed by atoms with E-state index in [1.165, 1.54) is 12.8 Å². The molecule has 1 fully saturated rings. The van der Waals surface area contributed by atoms with Crippen LogP contribution < -0.4 is 4.90 Å². The van der Waals surface area contributed by atoms with E-state index in [-0.39, 0.29) is 5.78 Å². The maximum Gasteiger partial charge on any atom is 0.163 e. The van der Waals surface area contributed by atoms with Crippen LogP contribution in [0.4, 0.5) is 5.82 Å². The van der Waals surface area contributed by atoms with Crippen molar-refractivity contribution in [3.05, 3.63) is 23.9 Å². The molecule has 2 rings (SSSR count). The van der Waals surface area contributed by atoms with Gasteiger partial charge in [0.25, 0.3) is 0 Å². The molecule has 1 aromatic rings. The van der Waals surface area contributed by atoms with Crippen LogP contribution in [0.15, 0.2) is 18.3 Å². The summed E-state index contributed by atoms with van der Waals surface area (Å²) in [5, 5.41) is 0. The molecule has 0 saturated heterocycles. The monoisotopic (exact) mass is 232 g/mol. The number of carbonyl (C=O) groups is 1. The maximum absolute atomic E-state index is 11.6. The van der Waals surface area contributed by atoms with Gasteiger partial charge >= 0.3 is 0 Å². The number of Topliss-reactive ketones (excluding diaryl/α,β-unsaturated/α-hetero) is 1. The molecule has 1 aliphatic carbocycles. The summed E-state index contributed by atoms with van der Waals surface area (Å²) in [5.74, 6) is 1.73. The van der Waals surface area contributed by atoms with Crippen molar-refractivity contribution >= 4 is 11.6 Å². The molecule has 0 spiro atoms. The van der Waals surface area contributed by atoms with E-state index in [1.807, 2.05) is 12.1 Å². The summed E-state index contributed by atoms with van der Waals surface area (Å²) < 4.78 is 0. The second kappa shape index (κ2) is 4.86. The number of pyridine rings is 1. The number of hydrogen-bond acceptors (Lipinski definition) is 3. The van der Waals surface area contributed by atoms with Crippen molar-refractivity contribution < 1.29 is 4.79 Å². The minimum Gasteiger partial charge on any atom is -0.353 e. The first-order valence-corrected chi connectivity index (χ1v) is 6.32. The quantitative estimate of drug-likeness (QED) is 0.732. The lowest BCUT2D eigenvalue weighted by atomic mass is 10.1. The SMILES string of the molecule is CC(=O)c1cccnc1N(CC1CC1)C(C)C. The first kappa shape index (κ1) is 12.1. The fourth-order valence-corrected chi connectivity index (χ4v) is 2.02. The number of nitrogens with zero attached hydrogens (tertiary/aromatic N) is 2. The number of hydrogen-bond donors (Lipinski definition) is 0. The average Bonchev–Trinajstić information content (AvgIpc) is 3.09. The molecular formula is C14H20N2O. The summed E-state index contributed by atoms with van der Waals surface area (Å²) in [5.41, 5.74) is 0.738. The van der Waals surface area contributed by atoms with E-state index in [1.54, 1.807) is 13.1 Å². The molecule has 17 heavy (non-hydrogen) atoms. The third-order valence-electron chi connectivity index (χ3n) is 3.21. The largest absolute Gasteiger partial charge is 0.353 e. The maximum atomic E-state index is 11.6. The van der Waals surface area contributed by atoms with Crippen molar-refractivity contribution in [2.24, 2.45) is 5.92 Å². The van der Waals surface area contributed by atoms with Gasteiger partial charge in [-0.25, -0.2) is 4.98 Å². The number of aromatic nitrogens is 1. The lowest BCUT2D eigenvalue weighted by Crippen LogP contribution is -2.34. The van der Waals surface area contributed by atoms with Gasteiger partial charge < -0.3 is 4.90 Å². The van der Waals surface area contributed by atoms with Gasteiger partial charge in [0.1, 0.15) is 5.82 Å². The molecule has 1 aromatic heterocycles. The van der Waals surface area contributed by atoms with E-state index >= 15 is 0 Å². The Balaban J connectivity index is 2.30. The minimum atomic E-state index is 0.0922. The summed E-state index contributed by atoms with van der Waals surface area (Å²) in [7, 11) is 0. The van der Waals surface area contributed by atoms with Crippen molar-refractivity contribution in [2.75, 3.05) is 11.4 Å². The zero-order valence-electron chi connectivity index (χ0n) is 10.8. The van der Waals surface area contributed by atoms with Crippen LogP contribution in [0.2, 0.25) is 0 Å². The Morgan fingerprint density at radius 2 is 2.24 bits per heavy atom. The first-order chi connectivity index (χ1) is 8.09. The first-order valence-electron chi connectivity index (χ1n) is 6.32. The van der Waals surface area contributed by atoms with Gasteiger partial charge in [0.05, 0.1) is 5.56 Å². The van der Waals surface area contributed by atoms with Gasteiger partial charge in [-0.05, 0) is 51.7 Å². The van der Waals surface area contributed by atoms with Gasteiger partial charge in [-0.15, -0.1) is 0 Å². The summed E-state index contributed by atoms with van der Waals surface area (Å²) in [6.07, 6.45) is 4.39. The van der Waals surface area contributed by atoms with Crippen molar-refractivity contribution in [3.8, 4) is 0 Å². The Morgan fingerprint density at radius 3 is 2.76 bits per heavy atom. The molecule has 1 heterocycles. The van der Waals surface area contributed by atoms with E-state index in [4.69, 9.17) is 0 Å². The highest BCUT2D eigenvalue weighted by atomic mass is 16.1. The molecule has 1 aliphatic rings. The normalized spacial score (nSPS) is 15.1. The molecule has 3 nitrogen and oxygen atoms in total. The standard InChI is InChI=1S/C14H20N2O/c1-10(2)16(9-12-6-7-12)14-13(11(3)17)5-4-8-15-14/h4-5,8,10,12H,6-7,9H2,1-3H3. The van der Waals surface area contributed by atoms with E-state index in [0.29, 0.717) is 6.04 Å². The summed E-state index contributed by atoms with van der Waals surface area (Å²) in [6, 6.07) is 4.08. The Labute approximate surface area is 103 Å². The number of anilines is 1. The fraction of sp³-hybridized carbons (Fsp3) is 0.571. The van der Waals surface area contributed by atoms with Crippen LogP contribution in [0.1, 0.15) is 44.0 Å². The zero-order chi connectivity index (χ0) is 12.4.